The van der Waals surface area contributed by atoms with Crippen LogP contribution in [0, 0.1) is 0 Å². The third kappa shape index (κ3) is 6.30. The molecule has 13 nitrogen and oxygen atoms in total. The summed E-state index contributed by atoms with van der Waals surface area (Å²) in [6.07, 6.45) is -6.10. The highest BCUT2D eigenvalue weighted by Gasteiger charge is 2.47. The van der Waals surface area contributed by atoms with Crippen LogP contribution < -0.4 is 16.3 Å². The van der Waals surface area contributed by atoms with Gasteiger partial charge in [0.2, 0.25) is 0 Å². The number of likely N-dealkylation sites (N-methyl/N-ethyl adjacent to an activating group) is 1. The maximum absolute atomic E-state index is 12.8. The summed E-state index contributed by atoms with van der Waals surface area (Å²) in [4.78, 5) is 31.0. The number of ether oxygens (including phenoxy) is 3. The van der Waals surface area contributed by atoms with Crippen LogP contribution in [0.3, 0.4) is 0 Å². The second kappa shape index (κ2) is 12.1. The summed E-state index contributed by atoms with van der Waals surface area (Å²) in [7, 11) is 5.34. The van der Waals surface area contributed by atoms with Crippen molar-refractivity contribution >= 4 is 17.4 Å². The lowest BCUT2D eigenvalue weighted by molar-refractivity contribution is -0.322. The number of nitrogens with one attached hydrogen (secondary N) is 2. The molecule has 39 heavy (non-hydrogen) atoms. The second-order valence-electron chi connectivity index (χ2n) is 10.1. The molecule has 2 aliphatic heterocycles. The summed E-state index contributed by atoms with van der Waals surface area (Å²) in [5.41, 5.74) is 0.598. The van der Waals surface area contributed by atoms with E-state index in [-0.39, 0.29) is 12.2 Å². The number of benzene rings is 1. The first kappa shape index (κ1) is 29.1. The van der Waals surface area contributed by atoms with Crippen LogP contribution in [0.4, 0.5) is 11.5 Å². The van der Waals surface area contributed by atoms with Crippen molar-refractivity contribution in [3.8, 4) is 0 Å². The minimum absolute atomic E-state index is 0.00135. The Bertz CT molecular complexity index is 1180. The van der Waals surface area contributed by atoms with E-state index in [9.17, 15) is 24.9 Å². The number of aliphatic hydroxyl groups is 3. The number of nitrogens with zero attached hydrogens (tertiary/aromatic N) is 3. The van der Waals surface area contributed by atoms with E-state index in [0.717, 1.165) is 5.69 Å². The number of hydrogen-bond donors (Lipinski definition) is 5. The highest BCUT2D eigenvalue weighted by molar-refractivity contribution is 6.03. The quantitative estimate of drug-likeness (QED) is 0.316. The van der Waals surface area contributed by atoms with Crippen molar-refractivity contribution in [3.05, 3.63) is 52.6 Å². The number of hydrogen-bond acceptors (Lipinski definition) is 11. The van der Waals surface area contributed by atoms with E-state index < -0.39 is 66.8 Å². The summed E-state index contributed by atoms with van der Waals surface area (Å²) < 4.78 is 18.9. The van der Waals surface area contributed by atoms with Gasteiger partial charge in [-0.3, -0.25) is 9.36 Å². The highest BCUT2D eigenvalue weighted by Crippen LogP contribution is 2.32. The number of carbonyl (C=O) groups is 1. The van der Waals surface area contributed by atoms with Gasteiger partial charge in [0, 0.05) is 30.9 Å². The molecule has 0 radical (unpaired) electrons. The number of aromatic nitrogens is 2. The van der Waals surface area contributed by atoms with E-state index in [1.54, 1.807) is 64.2 Å². The summed E-state index contributed by atoms with van der Waals surface area (Å²) in [5, 5.41) is 37.6. The first-order valence-electron chi connectivity index (χ1n) is 12.9. The van der Waals surface area contributed by atoms with Gasteiger partial charge >= 0.3 is 5.69 Å². The lowest BCUT2D eigenvalue weighted by Crippen LogP contribution is -2.63. The Labute approximate surface area is 226 Å². The highest BCUT2D eigenvalue weighted by atomic mass is 16.7. The Hall–Kier alpha value is -2.91. The summed E-state index contributed by atoms with van der Waals surface area (Å²) in [6.45, 7) is 3.44. The van der Waals surface area contributed by atoms with Crippen molar-refractivity contribution < 1.29 is 34.3 Å². The minimum atomic E-state index is -1.33. The fraction of sp³-hybridized carbons (Fsp3) is 0.577. The molecule has 2 aromatic rings. The molecule has 1 amide bonds. The smallest absolute Gasteiger partial charge is 0.351 e. The first-order valence-corrected chi connectivity index (χ1v) is 12.9. The first-order chi connectivity index (χ1) is 18.5. The number of anilines is 2. The maximum atomic E-state index is 12.8. The molecule has 0 bridgehead atoms. The summed E-state index contributed by atoms with van der Waals surface area (Å²) in [5.74, 6) is -0.333. The van der Waals surface area contributed by atoms with Crippen LogP contribution >= 0.6 is 0 Å². The van der Waals surface area contributed by atoms with Gasteiger partial charge in [0.1, 0.15) is 30.4 Å². The van der Waals surface area contributed by atoms with E-state index in [1.165, 1.54) is 16.8 Å². The van der Waals surface area contributed by atoms with Crippen LogP contribution in [-0.4, -0.2) is 106 Å². The van der Waals surface area contributed by atoms with Gasteiger partial charge in [0.25, 0.3) is 5.91 Å². The zero-order chi connectivity index (χ0) is 28.4. The molecular weight excluding hydrogens is 510 g/mol. The van der Waals surface area contributed by atoms with Crippen molar-refractivity contribution in [2.75, 3.05) is 31.8 Å². The molecule has 3 heterocycles. The Morgan fingerprint density at radius 1 is 1.08 bits per heavy atom. The Morgan fingerprint density at radius 2 is 1.77 bits per heavy atom. The molecule has 5 N–H and O–H groups in total. The SMILES string of the molecule is CNc1ccc(C(=O)Nc2ccn(C3CC(O)C(OC4OC(C)C(N(C)C)C(O)C4O)C(C)O3)c(=O)n2)cc1. The van der Waals surface area contributed by atoms with Crippen LogP contribution in [0.2, 0.25) is 0 Å². The van der Waals surface area contributed by atoms with Gasteiger partial charge in [-0.25, -0.2) is 4.79 Å². The predicted octanol–water partition coefficient (Wildman–Crippen LogP) is -0.0124. The van der Waals surface area contributed by atoms with Crippen molar-refractivity contribution in [1.29, 1.82) is 0 Å². The third-order valence-electron chi connectivity index (χ3n) is 7.17. The average Bonchev–Trinajstić information content (AvgIpc) is 2.88. The zero-order valence-corrected chi connectivity index (χ0v) is 22.6. The molecule has 0 spiro atoms. The van der Waals surface area contributed by atoms with Crippen LogP contribution in [0.1, 0.15) is 36.9 Å². The standard InChI is InChI=1S/C26H37N5O8/c1-13-20(30(4)5)21(33)22(34)25(38-13)39-23-14(2)37-19(12-17(23)32)31-11-10-18(29-26(31)36)28-24(35)15-6-8-16(27-3)9-7-15/h6-11,13-14,17,19-23,25,27,32-34H,12H2,1-5H3,(H,28,29,35,36). The number of rotatable bonds is 7. The van der Waals surface area contributed by atoms with Crippen molar-refractivity contribution in [1.82, 2.24) is 14.5 Å². The van der Waals surface area contributed by atoms with Gasteiger partial charge in [-0.1, -0.05) is 0 Å². The Balaban J connectivity index is 1.39. The number of amides is 1. The van der Waals surface area contributed by atoms with E-state index >= 15 is 0 Å². The van der Waals surface area contributed by atoms with Gasteiger partial charge in [-0.05, 0) is 58.3 Å². The van der Waals surface area contributed by atoms with Crippen molar-refractivity contribution in [3.63, 3.8) is 0 Å². The molecule has 0 aliphatic carbocycles. The molecule has 2 aliphatic rings. The lowest BCUT2D eigenvalue weighted by Gasteiger charge is -2.46. The lowest BCUT2D eigenvalue weighted by atomic mass is 9.95. The molecular formula is C26H37N5O8. The van der Waals surface area contributed by atoms with Crippen molar-refractivity contribution in [2.45, 2.75) is 75.5 Å². The average molecular weight is 548 g/mol. The molecule has 1 aromatic heterocycles. The van der Waals surface area contributed by atoms with E-state index in [4.69, 9.17) is 14.2 Å². The van der Waals surface area contributed by atoms with Gasteiger partial charge in [0.15, 0.2) is 6.29 Å². The minimum Gasteiger partial charge on any atom is -0.390 e. The summed E-state index contributed by atoms with van der Waals surface area (Å²) in [6, 6.07) is 7.86. The number of aliphatic hydroxyl groups excluding tert-OH is 3. The van der Waals surface area contributed by atoms with Gasteiger partial charge < -0.3 is 45.1 Å². The van der Waals surface area contributed by atoms with Crippen LogP contribution in [-0.2, 0) is 14.2 Å². The molecule has 214 valence electrons. The molecule has 9 unspecified atom stereocenters. The molecule has 9 atom stereocenters. The molecule has 1 aromatic carbocycles. The van der Waals surface area contributed by atoms with Crippen LogP contribution in [0.25, 0.3) is 0 Å². The van der Waals surface area contributed by atoms with E-state index in [1.807, 2.05) is 0 Å². The van der Waals surface area contributed by atoms with Crippen LogP contribution in [0.5, 0.6) is 0 Å². The van der Waals surface area contributed by atoms with Gasteiger partial charge in [-0.2, -0.15) is 4.98 Å². The summed E-state index contributed by atoms with van der Waals surface area (Å²) >= 11 is 0. The van der Waals surface area contributed by atoms with E-state index in [0.29, 0.717) is 5.56 Å². The Kier molecular flexibility index (Phi) is 9.01. The van der Waals surface area contributed by atoms with Crippen LogP contribution in [0.15, 0.2) is 41.3 Å². The number of carbonyl (C=O) groups excluding carboxylic acids is 1. The van der Waals surface area contributed by atoms with Crippen molar-refractivity contribution in [2.24, 2.45) is 0 Å². The zero-order valence-electron chi connectivity index (χ0n) is 22.6. The van der Waals surface area contributed by atoms with Gasteiger partial charge in [-0.15, -0.1) is 0 Å². The topological polar surface area (TPSA) is 168 Å². The fourth-order valence-corrected chi connectivity index (χ4v) is 5.10. The molecule has 0 saturated carbocycles. The predicted molar refractivity (Wildman–Crippen MR) is 141 cm³/mol. The van der Waals surface area contributed by atoms with E-state index in [2.05, 4.69) is 15.6 Å². The monoisotopic (exact) mass is 547 g/mol. The molecule has 13 heteroatoms. The molecule has 4 rings (SSSR count). The second-order valence-corrected chi connectivity index (χ2v) is 10.1. The third-order valence-corrected chi connectivity index (χ3v) is 7.17. The molecule has 2 saturated heterocycles. The molecule has 2 fully saturated rings. The Morgan fingerprint density at radius 3 is 2.36 bits per heavy atom. The van der Waals surface area contributed by atoms with Gasteiger partial charge in [0.05, 0.1) is 24.4 Å². The fourth-order valence-electron chi connectivity index (χ4n) is 5.10. The largest absolute Gasteiger partial charge is 0.390 e. The normalized spacial score (nSPS) is 33.1. The maximum Gasteiger partial charge on any atom is 0.351 e.